The number of methoxy groups -OCH3 is 1. The largest absolute Gasteiger partial charge is 0.487 e. The van der Waals surface area contributed by atoms with E-state index in [0.29, 0.717) is 19.0 Å². The molecule has 2 aromatic rings. The number of benzene rings is 2. The zero-order valence-electron chi connectivity index (χ0n) is 20.2. The summed E-state index contributed by atoms with van der Waals surface area (Å²) >= 11 is 0. The van der Waals surface area contributed by atoms with Gasteiger partial charge >= 0.3 is 0 Å². The van der Waals surface area contributed by atoms with Crippen molar-refractivity contribution in [1.29, 1.82) is 0 Å². The van der Waals surface area contributed by atoms with Crippen LogP contribution in [0.15, 0.2) is 48.5 Å². The predicted octanol–water partition coefficient (Wildman–Crippen LogP) is 3.59. The molecule has 1 aliphatic carbocycles. The van der Waals surface area contributed by atoms with Crippen molar-refractivity contribution in [3.05, 3.63) is 65.7 Å². The zero-order valence-corrected chi connectivity index (χ0v) is 20.2. The Bertz CT molecular complexity index is 984. The Kier molecular flexibility index (Phi) is 8.36. The van der Waals surface area contributed by atoms with Crippen molar-refractivity contribution in [2.75, 3.05) is 46.5 Å². The van der Waals surface area contributed by atoms with Gasteiger partial charge in [-0.2, -0.15) is 4.39 Å². The molecular weight excluding hydrogens is 454 g/mol. The quantitative estimate of drug-likeness (QED) is 0.646. The van der Waals surface area contributed by atoms with Crippen molar-refractivity contribution in [1.82, 2.24) is 9.80 Å². The fourth-order valence-corrected chi connectivity index (χ4v) is 5.33. The number of amides is 1. The average Bonchev–Trinajstić information content (AvgIpc) is 3.05. The Balaban J connectivity index is 1.46. The van der Waals surface area contributed by atoms with Crippen molar-refractivity contribution in [3.8, 4) is 5.75 Å². The van der Waals surface area contributed by atoms with Gasteiger partial charge in [-0.25, -0.2) is 4.39 Å². The first-order chi connectivity index (χ1) is 16.9. The van der Waals surface area contributed by atoms with Crippen LogP contribution in [-0.4, -0.2) is 79.0 Å². The summed E-state index contributed by atoms with van der Waals surface area (Å²) in [4.78, 5) is 16.4. The minimum atomic E-state index is -1.45. The number of hydrogen-bond acceptors (Lipinski definition) is 5. The highest BCUT2D eigenvalue weighted by atomic mass is 19.2. The summed E-state index contributed by atoms with van der Waals surface area (Å²) in [6.45, 7) is 1.03. The molecule has 0 unspecified atom stereocenters. The van der Waals surface area contributed by atoms with Crippen LogP contribution in [-0.2, 0) is 9.53 Å². The minimum absolute atomic E-state index is 0.0298. The highest BCUT2D eigenvalue weighted by Gasteiger charge is 2.40. The number of aliphatic hydroxyl groups is 1. The third kappa shape index (κ3) is 6.37. The molecule has 0 radical (unpaired) electrons. The van der Waals surface area contributed by atoms with Crippen LogP contribution in [0.4, 0.5) is 8.78 Å². The maximum absolute atomic E-state index is 14.1. The molecule has 0 aromatic heterocycles. The van der Waals surface area contributed by atoms with Crippen molar-refractivity contribution >= 4 is 5.91 Å². The molecular formula is C27H34F2N2O4. The standard InChI is InChI=1S/C27H34F2N2O4/c1-34-16-25(32)31-15-14-30(22-12-10-21(11-13-22)20-6-3-2-4-7-20)17-27(33,18-31)19-35-24-9-5-8-23(28)26(24)29/h2-9,21-22,33H,10-19H2,1H3/t21?,22?,27-/m1/s1. The maximum atomic E-state index is 14.1. The Morgan fingerprint density at radius 3 is 2.49 bits per heavy atom. The smallest absolute Gasteiger partial charge is 0.248 e. The van der Waals surface area contributed by atoms with Gasteiger partial charge in [0.15, 0.2) is 11.6 Å². The van der Waals surface area contributed by atoms with Crippen LogP contribution in [0, 0.1) is 11.6 Å². The molecule has 0 spiro atoms. The number of rotatable bonds is 7. The van der Waals surface area contributed by atoms with Crippen LogP contribution in [0.5, 0.6) is 5.75 Å². The zero-order chi connectivity index (χ0) is 24.8. The first-order valence-corrected chi connectivity index (χ1v) is 12.2. The van der Waals surface area contributed by atoms with Gasteiger partial charge in [0.25, 0.3) is 0 Å². The monoisotopic (exact) mass is 488 g/mol. The van der Waals surface area contributed by atoms with Crippen LogP contribution >= 0.6 is 0 Å². The maximum Gasteiger partial charge on any atom is 0.248 e. The second-order valence-electron chi connectivity index (χ2n) is 9.70. The van der Waals surface area contributed by atoms with E-state index < -0.39 is 17.2 Å². The molecule has 1 saturated heterocycles. The van der Waals surface area contributed by atoms with E-state index in [-0.39, 0.29) is 44.0 Å². The molecule has 1 amide bonds. The van der Waals surface area contributed by atoms with Gasteiger partial charge in [0.05, 0.1) is 6.54 Å². The lowest BCUT2D eigenvalue weighted by Gasteiger charge is -2.39. The summed E-state index contributed by atoms with van der Waals surface area (Å²) in [7, 11) is 1.45. The van der Waals surface area contributed by atoms with E-state index >= 15 is 0 Å². The molecule has 6 nitrogen and oxygen atoms in total. The highest BCUT2D eigenvalue weighted by Crippen LogP contribution is 2.35. The number of halogens is 2. The fraction of sp³-hybridized carbons (Fsp3) is 0.519. The fourth-order valence-electron chi connectivity index (χ4n) is 5.33. The Morgan fingerprint density at radius 1 is 1.03 bits per heavy atom. The molecule has 2 aliphatic rings. The molecule has 1 N–H and O–H groups in total. The van der Waals surface area contributed by atoms with Crippen LogP contribution in [0.2, 0.25) is 0 Å². The van der Waals surface area contributed by atoms with Gasteiger partial charge in [-0.15, -0.1) is 0 Å². The SMILES string of the molecule is COCC(=O)N1CCN(C2CCC(c3ccccc3)CC2)C[C@](O)(COc2cccc(F)c2F)C1. The lowest BCUT2D eigenvalue weighted by atomic mass is 9.81. The lowest BCUT2D eigenvalue weighted by molar-refractivity contribution is -0.138. The summed E-state index contributed by atoms with van der Waals surface area (Å²) in [5, 5.41) is 11.6. The van der Waals surface area contributed by atoms with Gasteiger partial charge in [0.1, 0.15) is 18.8 Å². The average molecular weight is 489 g/mol. The van der Waals surface area contributed by atoms with Crippen LogP contribution in [0.1, 0.15) is 37.2 Å². The highest BCUT2D eigenvalue weighted by molar-refractivity contribution is 5.77. The van der Waals surface area contributed by atoms with Gasteiger partial charge in [-0.3, -0.25) is 9.69 Å². The van der Waals surface area contributed by atoms with E-state index in [0.717, 1.165) is 31.7 Å². The number of nitrogens with zero attached hydrogens (tertiary/aromatic N) is 2. The molecule has 1 heterocycles. The summed E-state index contributed by atoms with van der Waals surface area (Å²) in [5.74, 6) is -2.06. The Morgan fingerprint density at radius 2 is 1.77 bits per heavy atom. The summed E-state index contributed by atoms with van der Waals surface area (Å²) in [6, 6.07) is 14.5. The van der Waals surface area contributed by atoms with Gasteiger partial charge in [-0.1, -0.05) is 36.4 Å². The third-order valence-electron chi connectivity index (χ3n) is 7.16. The number of carbonyl (C=O) groups is 1. The van der Waals surface area contributed by atoms with Crippen molar-refractivity contribution in [2.45, 2.75) is 43.2 Å². The molecule has 8 heteroatoms. The van der Waals surface area contributed by atoms with E-state index in [2.05, 4.69) is 29.2 Å². The topological polar surface area (TPSA) is 62.2 Å². The summed E-state index contributed by atoms with van der Waals surface area (Å²) < 4.78 is 38.3. The molecule has 1 aliphatic heterocycles. The second kappa shape index (κ2) is 11.5. The molecule has 2 fully saturated rings. The third-order valence-corrected chi connectivity index (χ3v) is 7.16. The van der Waals surface area contributed by atoms with Gasteiger partial charge < -0.3 is 19.5 Å². The number of carbonyl (C=O) groups excluding carboxylic acids is 1. The number of β-amino-alcohol motifs (C(OH)–C–C–N with tert-alkyl or cyclic N) is 1. The van der Waals surface area contributed by atoms with E-state index in [1.165, 1.54) is 24.8 Å². The molecule has 0 bridgehead atoms. The van der Waals surface area contributed by atoms with E-state index in [1.807, 2.05) is 6.07 Å². The van der Waals surface area contributed by atoms with Crippen molar-refractivity contribution in [2.24, 2.45) is 0 Å². The normalized spacial score (nSPS) is 25.8. The van der Waals surface area contributed by atoms with Crippen LogP contribution in [0.3, 0.4) is 0 Å². The first-order valence-electron chi connectivity index (χ1n) is 12.2. The van der Waals surface area contributed by atoms with Gasteiger partial charge in [0.2, 0.25) is 11.7 Å². The Hall–Kier alpha value is -2.55. The predicted molar refractivity (Wildman–Crippen MR) is 128 cm³/mol. The van der Waals surface area contributed by atoms with Crippen molar-refractivity contribution in [3.63, 3.8) is 0 Å². The summed E-state index contributed by atoms with van der Waals surface area (Å²) in [5.41, 5.74) is -0.0882. The minimum Gasteiger partial charge on any atom is -0.487 e. The molecule has 4 rings (SSSR count). The summed E-state index contributed by atoms with van der Waals surface area (Å²) in [6.07, 6.45) is 4.09. The van der Waals surface area contributed by atoms with Crippen LogP contribution < -0.4 is 4.74 Å². The molecule has 2 aromatic carbocycles. The van der Waals surface area contributed by atoms with Crippen molar-refractivity contribution < 1.29 is 28.2 Å². The first kappa shape index (κ1) is 25.5. The lowest BCUT2D eigenvalue weighted by Crippen LogP contribution is -2.54. The van der Waals surface area contributed by atoms with E-state index in [9.17, 15) is 18.7 Å². The van der Waals surface area contributed by atoms with E-state index in [4.69, 9.17) is 9.47 Å². The molecule has 1 saturated carbocycles. The molecule has 35 heavy (non-hydrogen) atoms. The number of ether oxygens (including phenoxy) is 2. The molecule has 1 atom stereocenters. The van der Waals surface area contributed by atoms with E-state index in [1.54, 1.807) is 4.90 Å². The molecule has 190 valence electrons. The Labute approximate surface area is 205 Å². The van der Waals surface area contributed by atoms with Gasteiger partial charge in [0, 0.05) is 32.8 Å². The van der Waals surface area contributed by atoms with Crippen LogP contribution in [0.25, 0.3) is 0 Å². The van der Waals surface area contributed by atoms with Gasteiger partial charge in [-0.05, 0) is 49.3 Å². The number of hydrogen-bond donors (Lipinski definition) is 1. The second-order valence-corrected chi connectivity index (χ2v) is 9.70.